The van der Waals surface area contributed by atoms with Crippen LogP contribution >= 0.6 is 0 Å². The summed E-state index contributed by atoms with van der Waals surface area (Å²) in [5, 5.41) is 3.29. The lowest BCUT2D eigenvalue weighted by Crippen LogP contribution is -2.07. The van der Waals surface area contributed by atoms with E-state index in [9.17, 15) is 0 Å². The first-order valence-electron chi connectivity index (χ1n) is 6.45. The Morgan fingerprint density at radius 2 is 2.00 bits per heavy atom. The molecule has 1 aromatic rings. The topological polar surface area (TPSA) is 56.3 Å². The highest BCUT2D eigenvalue weighted by molar-refractivity contribution is 5.38. The Morgan fingerprint density at radius 3 is 2.67 bits per heavy atom. The third-order valence-electron chi connectivity index (χ3n) is 2.57. The summed E-state index contributed by atoms with van der Waals surface area (Å²) in [6, 6.07) is 1.80. The highest BCUT2D eigenvalue weighted by Gasteiger charge is 2.04. The molecule has 5 nitrogen and oxygen atoms in total. The van der Waals surface area contributed by atoms with Gasteiger partial charge in [-0.1, -0.05) is 26.2 Å². The van der Waals surface area contributed by atoms with Crippen LogP contribution in [0.25, 0.3) is 0 Å². The number of hydrogen-bond donors (Lipinski definition) is 1. The van der Waals surface area contributed by atoms with E-state index in [1.54, 1.807) is 20.3 Å². The summed E-state index contributed by atoms with van der Waals surface area (Å²) in [5.41, 5.74) is 0. The number of methoxy groups -OCH3 is 2. The van der Waals surface area contributed by atoms with Crippen LogP contribution in [0.5, 0.6) is 5.88 Å². The van der Waals surface area contributed by atoms with Gasteiger partial charge in [-0.2, -0.15) is 4.98 Å². The van der Waals surface area contributed by atoms with E-state index in [2.05, 4.69) is 22.2 Å². The smallest absolute Gasteiger partial charge is 0.218 e. The minimum Gasteiger partial charge on any atom is -0.481 e. The van der Waals surface area contributed by atoms with Crippen LogP contribution in [0.15, 0.2) is 6.07 Å². The monoisotopic (exact) mass is 253 g/mol. The summed E-state index contributed by atoms with van der Waals surface area (Å²) in [4.78, 5) is 8.56. The minimum absolute atomic E-state index is 0.391. The van der Waals surface area contributed by atoms with Crippen LogP contribution in [0.1, 0.15) is 38.4 Å². The molecule has 1 N–H and O–H groups in total. The molecule has 0 amide bonds. The zero-order chi connectivity index (χ0) is 13.2. The van der Waals surface area contributed by atoms with E-state index < -0.39 is 0 Å². The molecule has 0 saturated carbocycles. The van der Waals surface area contributed by atoms with E-state index >= 15 is 0 Å². The molecule has 1 heterocycles. The van der Waals surface area contributed by atoms with Gasteiger partial charge in [0, 0.05) is 19.7 Å². The van der Waals surface area contributed by atoms with Gasteiger partial charge in [0.25, 0.3) is 0 Å². The largest absolute Gasteiger partial charge is 0.481 e. The van der Waals surface area contributed by atoms with Crippen LogP contribution in [0.2, 0.25) is 0 Å². The van der Waals surface area contributed by atoms with Crippen molar-refractivity contribution in [2.24, 2.45) is 0 Å². The van der Waals surface area contributed by atoms with Gasteiger partial charge in [-0.05, 0) is 6.42 Å². The van der Waals surface area contributed by atoms with Crippen LogP contribution in [-0.2, 0) is 11.3 Å². The second kappa shape index (κ2) is 8.69. The van der Waals surface area contributed by atoms with Crippen molar-refractivity contribution in [3.63, 3.8) is 0 Å². The van der Waals surface area contributed by atoms with Gasteiger partial charge in [0.1, 0.15) is 12.4 Å². The number of rotatable bonds is 9. The standard InChI is InChI=1S/C13H23N3O2/c1-4-5-6-7-8-14-11-9-13(18-3)16-12(15-11)10-17-2/h9H,4-8,10H2,1-3H3,(H,14,15,16). The van der Waals surface area contributed by atoms with Crippen molar-refractivity contribution in [2.75, 3.05) is 26.1 Å². The predicted octanol–water partition coefficient (Wildman–Crippen LogP) is 2.62. The Hall–Kier alpha value is -1.36. The normalized spacial score (nSPS) is 10.4. The van der Waals surface area contributed by atoms with E-state index in [0.717, 1.165) is 18.8 Å². The average molecular weight is 253 g/mol. The molecule has 0 aromatic carbocycles. The number of nitrogens with zero attached hydrogens (tertiary/aromatic N) is 2. The molecule has 1 aromatic heterocycles. The molecular weight excluding hydrogens is 230 g/mol. The lowest BCUT2D eigenvalue weighted by molar-refractivity contribution is 0.177. The molecule has 0 unspecified atom stereocenters. The molecular formula is C13H23N3O2. The first-order valence-corrected chi connectivity index (χ1v) is 6.45. The molecule has 0 bridgehead atoms. The summed E-state index contributed by atoms with van der Waals surface area (Å²) in [7, 11) is 3.23. The van der Waals surface area contributed by atoms with Crippen molar-refractivity contribution < 1.29 is 9.47 Å². The molecule has 0 fully saturated rings. The number of nitrogens with one attached hydrogen (secondary N) is 1. The van der Waals surface area contributed by atoms with Crippen molar-refractivity contribution in [3.05, 3.63) is 11.9 Å². The van der Waals surface area contributed by atoms with Crippen LogP contribution in [-0.4, -0.2) is 30.7 Å². The fourth-order valence-electron chi connectivity index (χ4n) is 1.63. The van der Waals surface area contributed by atoms with Gasteiger partial charge in [0.2, 0.25) is 5.88 Å². The number of anilines is 1. The van der Waals surface area contributed by atoms with Crippen LogP contribution < -0.4 is 10.1 Å². The average Bonchev–Trinajstić information content (AvgIpc) is 2.38. The number of ether oxygens (including phenoxy) is 2. The third kappa shape index (κ3) is 5.31. The molecule has 102 valence electrons. The van der Waals surface area contributed by atoms with Gasteiger partial charge in [-0.25, -0.2) is 4.98 Å². The lowest BCUT2D eigenvalue weighted by atomic mass is 10.2. The maximum absolute atomic E-state index is 5.14. The maximum Gasteiger partial charge on any atom is 0.218 e. The summed E-state index contributed by atoms with van der Waals surface area (Å²) < 4.78 is 10.2. The van der Waals surface area contributed by atoms with E-state index in [0.29, 0.717) is 18.3 Å². The molecule has 1 rings (SSSR count). The van der Waals surface area contributed by atoms with Crippen LogP contribution in [0, 0.1) is 0 Å². The van der Waals surface area contributed by atoms with E-state index in [-0.39, 0.29) is 0 Å². The summed E-state index contributed by atoms with van der Waals surface area (Å²) in [6.07, 6.45) is 4.93. The molecule has 5 heteroatoms. The molecule has 0 saturated heterocycles. The zero-order valence-electron chi connectivity index (χ0n) is 11.5. The second-order valence-electron chi connectivity index (χ2n) is 4.13. The van der Waals surface area contributed by atoms with Gasteiger partial charge in [0.05, 0.1) is 7.11 Å². The Bertz CT molecular complexity index is 345. The Balaban J connectivity index is 2.50. The van der Waals surface area contributed by atoms with Gasteiger partial charge >= 0.3 is 0 Å². The zero-order valence-corrected chi connectivity index (χ0v) is 11.5. The SMILES string of the molecule is CCCCCCNc1cc(OC)nc(COC)n1. The summed E-state index contributed by atoms with van der Waals surface area (Å²) in [6.45, 7) is 3.52. The van der Waals surface area contributed by atoms with Gasteiger partial charge in [-0.15, -0.1) is 0 Å². The van der Waals surface area contributed by atoms with Gasteiger partial charge in [-0.3, -0.25) is 0 Å². The van der Waals surface area contributed by atoms with E-state index in [1.165, 1.54) is 19.3 Å². The second-order valence-corrected chi connectivity index (χ2v) is 4.13. The van der Waals surface area contributed by atoms with Crippen LogP contribution in [0.4, 0.5) is 5.82 Å². The fraction of sp³-hybridized carbons (Fsp3) is 0.692. The number of hydrogen-bond acceptors (Lipinski definition) is 5. The Kier molecular flexibility index (Phi) is 7.10. The Labute approximate surface area is 109 Å². The molecule has 0 spiro atoms. The summed E-state index contributed by atoms with van der Waals surface area (Å²) in [5.74, 6) is 1.99. The molecule has 18 heavy (non-hydrogen) atoms. The Morgan fingerprint density at radius 1 is 1.17 bits per heavy atom. The maximum atomic E-state index is 5.14. The van der Waals surface area contributed by atoms with Crippen molar-refractivity contribution in [3.8, 4) is 5.88 Å². The molecule has 0 radical (unpaired) electrons. The number of aromatic nitrogens is 2. The van der Waals surface area contributed by atoms with Crippen molar-refractivity contribution >= 4 is 5.82 Å². The fourth-order valence-corrected chi connectivity index (χ4v) is 1.63. The summed E-state index contributed by atoms with van der Waals surface area (Å²) >= 11 is 0. The first-order chi connectivity index (χ1) is 8.80. The molecule has 0 aliphatic heterocycles. The molecule has 0 atom stereocenters. The van der Waals surface area contributed by atoms with Gasteiger partial charge in [0.15, 0.2) is 5.82 Å². The van der Waals surface area contributed by atoms with Crippen molar-refractivity contribution in [2.45, 2.75) is 39.2 Å². The highest BCUT2D eigenvalue weighted by Crippen LogP contribution is 2.13. The van der Waals surface area contributed by atoms with E-state index in [4.69, 9.17) is 9.47 Å². The van der Waals surface area contributed by atoms with Crippen molar-refractivity contribution in [1.29, 1.82) is 0 Å². The third-order valence-corrected chi connectivity index (χ3v) is 2.57. The molecule has 0 aliphatic rings. The minimum atomic E-state index is 0.391. The number of unbranched alkanes of at least 4 members (excludes halogenated alkanes) is 3. The highest BCUT2D eigenvalue weighted by atomic mass is 16.5. The lowest BCUT2D eigenvalue weighted by Gasteiger charge is -2.09. The quantitative estimate of drug-likeness (QED) is 0.686. The predicted molar refractivity (Wildman–Crippen MR) is 71.9 cm³/mol. The first kappa shape index (κ1) is 14.7. The molecule has 0 aliphatic carbocycles. The van der Waals surface area contributed by atoms with Crippen LogP contribution in [0.3, 0.4) is 0 Å². The van der Waals surface area contributed by atoms with Gasteiger partial charge < -0.3 is 14.8 Å². The van der Waals surface area contributed by atoms with E-state index in [1.807, 2.05) is 0 Å². The van der Waals surface area contributed by atoms with Crippen molar-refractivity contribution in [1.82, 2.24) is 9.97 Å².